The molecule has 0 unspecified atom stereocenters. The second-order valence-electron chi connectivity index (χ2n) is 8.45. The van der Waals surface area contributed by atoms with Gasteiger partial charge in [0.05, 0.1) is 17.0 Å². The number of nitrogens with zero attached hydrogens (tertiary/aromatic N) is 3. The molecular formula is C27H25Cl2F3N4O. The molecule has 0 aliphatic rings. The standard InChI is InChI=1S/C27H24ClF3N4O.ClH/c1-34(2)17-16-33-26(36)20-7-5-18(6-8-20)23-13-14-24(19-9-11-21(28)12-10-19)35(23)25-22(27(29,30)31)4-3-15-32-25;/h3-15H,16-17H2,1-2H3,(H,33,36);1H. The Labute approximate surface area is 224 Å². The van der Waals surface area contributed by atoms with E-state index >= 15 is 0 Å². The van der Waals surface area contributed by atoms with E-state index in [2.05, 4.69) is 10.3 Å². The van der Waals surface area contributed by atoms with Gasteiger partial charge in [-0.3, -0.25) is 9.36 Å². The molecule has 2 aromatic heterocycles. The summed E-state index contributed by atoms with van der Waals surface area (Å²) in [6, 6.07) is 19.4. The molecule has 37 heavy (non-hydrogen) atoms. The molecule has 2 heterocycles. The van der Waals surface area contributed by atoms with Crippen LogP contribution in [-0.4, -0.2) is 47.5 Å². The largest absolute Gasteiger partial charge is 0.419 e. The van der Waals surface area contributed by atoms with Crippen LogP contribution >= 0.6 is 24.0 Å². The van der Waals surface area contributed by atoms with Crippen molar-refractivity contribution in [3.8, 4) is 28.3 Å². The zero-order valence-corrected chi connectivity index (χ0v) is 21.7. The van der Waals surface area contributed by atoms with Crippen molar-refractivity contribution in [2.45, 2.75) is 6.18 Å². The molecule has 0 aliphatic carbocycles. The minimum atomic E-state index is -4.60. The molecule has 0 spiro atoms. The summed E-state index contributed by atoms with van der Waals surface area (Å²) in [5, 5.41) is 3.37. The van der Waals surface area contributed by atoms with Gasteiger partial charge < -0.3 is 10.2 Å². The van der Waals surface area contributed by atoms with E-state index in [4.69, 9.17) is 11.6 Å². The third-order valence-corrected chi connectivity index (χ3v) is 5.86. The number of rotatable bonds is 7. The van der Waals surface area contributed by atoms with Gasteiger partial charge in [0.15, 0.2) is 0 Å². The third kappa shape index (κ3) is 6.52. The maximum Gasteiger partial charge on any atom is 0.419 e. The van der Waals surface area contributed by atoms with Crippen LogP contribution in [0.4, 0.5) is 13.2 Å². The predicted molar refractivity (Wildman–Crippen MR) is 143 cm³/mol. The number of nitrogens with one attached hydrogen (secondary N) is 1. The van der Waals surface area contributed by atoms with Crippen molar-refractivity contribution in [3.63, 3.8) is 0 Å². The fourth-order valence-corrected chi connectivity index (χ4v) is 3.95. The van der Waals surface area contributed by atoms with Crippen molar-refractivity contribution in [3.05, 3.63) is 95.1 Å². The normalized spacial score (nSPS) is 11.3. The maximum absolute atomic E-state index is 13.9. The second-order valence-corrected chi connectivity index (χ2v) is 8.89. The number of carbonyl (C=O) groups excluding carboxylic acids is 1. The Morgan fingerprint density at radius 3 is 2.05 bits per heavy atom. The van der Waals surface area contributed by atoms with Gasteiger partial charge in [-0.2, -0.15) is 13.2 Å². The van der Waals surface area contributed by atoms with Crippen LogP contribution in [0.15, 0.2) is 79.0 Å². The summed E-state index contributed by atoms with van der Waals surface area (Å²) >= 11 is 6.03. The van der Waals surface area contributed by atoms with Crippen molar-refractivity contribution >= 4 is 29.9 Å². The van der Waals surface area contributed by atoms with Crippen LogP contribution in [0.1, 0.15) is 15.9 Å². The average Bonchev–Trinajstić information content (AvgIpc) is 3.29. The van der Waals surface area contributed by atoms with E-state index < -0.39 is 11.7 Å². The van der Waals surface area contributed by atoms with Gasteiger partial charge in [-0.25, -0.2) is 4.98 Å². The van der Waals surface area contributed by atoms with Crippen LogP contribution in [0.2, 0.25) is 5.02 Å². The molecule has 4 rings (SSSR count). The predicted octanol–water partition coefficient (Wildman–Crippen LogP) is 6.59. The van der Waals surface area contributed by atoms with Gasteiger partial charge in [-0.15, -0.1) is 12.4 Å². The number of alkyl halides is 3. The van der Waals surface area contributed by atoms with E-state index in [9.17, 15) is 18.0 Å². The Bertz CT molecular complexity index is 1350. The molecule has 5 nitrogen and oxygen atoms in total. The van der Waals surface area contributed by atoms with Crippen LogP contribution in [0.25, 0.3) is 28.3 Å². The van der Waals surface area contributed by atoms with E-state index in [1.165, 1.54) is 16.8 Å². The smallest absolute Gasteiger partial charge is 0.351 e. The Morgan fingerprint density at radius 2 is 1.51 bits per heavy atom. The lowest BCUT2D eigenvalue weighted by molar-refractivity contribution is -0.137. The molecular weight excluding hydrogens is 524 g/mol. The van der Waals surface area contributed by atoms with E-state index in [1.54, 1.807) is 60.7 Å². The quantitative estimate of drug-likeness (QED) is 0.283. The fraction of sp³-hybridized carbons (Fsp3) is 0.185. The first-order valence-corrected chi connectivity index (χ1v) is 11.6. The number of hydrogen-bond acceptors (Lipinski definition) is 3. The lowest BCUT2D eigenvalue weighted by atomic mass is 10.1. The van der Waals surface area contributed by atoms with Crippen molar-refractivity contribution in [2.75, 3.05) is 27.2 Å². The second kappa shape index (κ2) is 11.8. The summed E-state index contributed by atoms with van der Waals surface area (Å²) < 4.78 is 43.3. The first kappa shape index (κ1) is 28.2. The van der Waals surface area contributed by atoms with Crippen molar-refractivity contribution in [1.82, 2.24) is 19.8 Å². The summed E-state index contributed by atoms with van der Waals surface area (Å²) in [7, 11) is 3.83. The molecule has 1 amide bonds. The van der Waals surface area contributed by atoms with Gasteiger partial charge in [0.25, 0.3) is 5.91 Å². The number of aromatic nitrogens is 2. The summed E-state index contributed by atoms with van der Waals surface area (Å²) in [6.07, 6.45) is -3.27. The number of likely N-dealkylation sites (N-methyl/N-ethyl adjacent to an activating group) is 1. The molecule has 10 heteroatoms. The number of carbonyl (C=O) groups is 1. The van der Waals surface area contributed by atoms with E-state index in [1.807, 2.05) is 19.0 Å². The fourth-order valence-electron chi connectivity index (χ4n) is 3.82. The van der Waals surface area contributed by atoms with Gasteiger partial charge in [0.2, 0.25) is 0 Å². The average molecular weight is 549 g/mol. The summed E-state index contributed by atoms with van der Waals surface area (Å²) in [5.74, 6) is -0.454. The molecule has 4 aromatic rings. The Balaban J connectivity index is 0.00000380. The SMILES string of the molecule is CN(C)CCNC(=O)c1ccc(-c2ccc(-c3ccc(Cl)cc3)n2-c2ncccc2C(F)(F)F)cc1.Cl. The Hall–Kier alpha value is -3.33. The van der Waals surface area contributed by atoms with Gasteiger partial charge in [0, 0.05) is 29.9 Å². The van der Waals surface area contributed by atoms with Crippen LogP contribution in [0.3, 0.4) is 0 Å². The highest BCUT2D eigenvalue weighted by atomic mass is 35.5. The Morgan fingerprint density at radius 1 is 0.946 bits per heavy atom. The number of hydrogen-bond donors (Lipinski definition) is 1. The number of halogens is 5. The minimum absolute atomic E-state index is 0. The van der Waals surface area contributed by atoms with Crippen molar-refractivity contribution < 1.29 is 18.0 Å². The van der Waals surface area contributed by atoms with Crippen LogP contribution < -0.4 is 5.32 Å². The van der Waals surface area contributed by atoms with E-state index in [0.29, 0.717) is 46.2 Å². The van der Waals surface area contributed by atoms with Crippen molar-refractivity contribution in [1.29, 1.82) is 0 Å². The maximum atomic E-state index is 13.9. The number of benzene rings is 2. The molecule has 0 saturated heterocycles. The van der Waals surface area contributed by atoms with Crippen LogP contribution in [0, 0.1) is 0 Å². The summed E-state index contributed by atoms with van der Waals surface area (Å²) in [6.45, 7) is 1.21. The molecule has 0 aliphatic heterocycles. The first-order chi connectivity index (χ1) is 17.1. The van der Waals surface area contributed by atoms with E-state index in [-0.39, 0.29) is 24.1 Å². The number of pyridine rings is 1. The van der Waals surface area contributed by atoms with Crippen molar-refractivity contribution in [2.24, 2.45) is 0 Å². The number of amides is 1. The highest BCUT2D eigenvalue weighted by molar-refractivity contribution is 6.30. The molecule has 1 N–H and O–H groups in total. The molecule has 0 atom stereocenters. The summed E-state index contributed by atoms with van der Waals surface area (Å²) in [5.41, 5.74) is 1.96. The summed E-state index contributed by atoms with van der Waals surface area (Å²) in [4.78, 5) is 18.5. The molecule has 0 radical (unpaired) electrons. The minimum Gasteiger partial charge on any atom is -0.351 e. The molecule has 2 aromatic carbocycles. The highest BCUT2D eigenvalue weighted by Crippen LogP contribution is 2.38. The zero-order valence-electron chi connectivity index (χ0n) is 20.1. The highest BCUT2D eigenvalue weighted by Gasteiger charge is 2.35. The van der Waals surface area contributed by atoms with Gasteiger partial charge in [-0.1, -0.05) is 35.9 Å². The van der Waals surface area contributed by atoms with Crippen LogP contribution in [-0.2, 0) is 6.18 Å². The molecule has 194 valence electrons. The lowest BCUT2D eigenvalue weighted by Gasteiger charge is -2.18. The lowest BCUT2D eigenvalue weighted by Crippen LogP contribution is -2.31. The Kier molecular flexibility index (Phi) is 9.02. The molecule has 0 bridgehead atoms. The molecule has 0 saturated carbocycles. The molecule has 0 fully saturated rings. The third-order valence-electron chi connectivity index (χ3n) is 5.61. The van der Waals surface area contributed by atoms with E-state index in [0.717, 1.165) is 6.07 Å². The van der Waals surface area contributed by atoms with Gasteiger partial charge in [-0.05, 0) is 73.8 Å². The topological polar surface area (TPSA) is 50.2 Å². The van der Waals surface area contributed by atoms with Gasteiger partial charge in [0.1, 0.15) is 5.82 Å². The zero-order chi connectivity index (χ0) is 25.9. The first-order valence-electron chi connectivity index (χ1n) is 11.2. The van der Waals surface area contributed by atoms with Gasteiger partial charge >= 0.3 is 6.18 Å². The monoisotopic (exact) mass is 548 g/mol. The van der Waals surface area contributed by atoms with Crippen LogP contribution in [0.5, 0.6) is 0 Å².